The molecule has 28 heavy (non-hydrogen) atoms. The topological polar surface area (TPSA) is 85.3 Å². The third kappa shape index (κ3) is 4.88. The molecule has 0 unspecified atom stereocenters. The molecule has 0 aromatic heterocycles. The Kier molecular flexibility index (Phi) is 7.96. The Hall–Kier alpha value is -2.44. The molecule has 2 rings (SSSR count). The van der Waals surface area contributed by atoms with E-state index in [1.54, 1.807) is 19.1 Å². The van der Waals surface area contributed by atoms with Crippen molar-refractivity contribution in [2.24, 2.45) is 11.8 Å². The highest BCUT2D eigenvalue weighted by atomic mass is 16.5. The first kappa shape index (κ1) is 21.9. The molecule has 1 amide bonds. The number of piperidine rings is 1. The molecule has 1 aliphatic rings. The van der Waals surface area contributed by atoms with E-state index in [2.05, 4.69) is 0 Å². The van der Waals surface area contributed by atoms with Crippen molar-refractivity contribution in [2.45, 2.75) is 39.5 Å². The Morgan fingerprint density at radius 1 is 1.25 bits per heavy atom. The molecule has 1 N–H and O–H groups in total. The molecule has 1 aliphatic heterocycles. The van der Waals surface area contributed by atoms with Crippen molar-refractivity contribution >= 4 is 11.9 Å². The maximum atomic E-state index is 12.9. The van der Waals surface area contributed by atoms with Gasteiger partial charge in [0.1, 0.15) is 0 Å². The summed E-state index contributed by atoms with van der Waals surface area (Å²) in [6, 6.07) is 3.53. The van der Waals surface area contributed by atoms with Gasteiger partial charge in [-0.25, -0.2) is 0 Å². The van der Waals surface area contributed by atoms with E-state index in [0.29, 0.717) is 56.0 Å². The minimum Gasteiger partial charge on any atom is -0.504 e. The summed E-state index contributed by atoms with van der Waals surface area (Å²) >= 11 is 0. The second-order valence-corrected chi connectivity index (χ2v) is 6.96. The van der Waals surface area contributed by atoms with E-state index in [4.69, 9.17) is 14.2 Å². The molecule has 1 aromatic rings. The van der Waals surface area contributed by atoms with Crippen LogP contribution in [0, 0.1) is 11.8 Å². The van der Waals surface area contributed by atoms with Gasteiger partial charge in [0.15, 0.2) is 11.5 Å². The highest BCUT2D eigenvalue weighted by Crippen LogP contribution is 2.39. The fourth-order valence-electron chi connectivity index (χ4n) is 3.89. The van der Waals surface area contributed by atoms with Gasteiger partial charge in [-0.2, -0.15) is 0 Å². The van der Waals surface area contributed by atoms with Gasteiger partial charge in [0.05, 0.1) is 20.8 Å². The van der Waals surface area contributed by atoms with Crippen molar-refractivity contribution in [3.05, 3.63) is 17.7 Å². The van der Waals surface area contributed by atoms with Crippen LogP contribution in [0.5, 0.6) is 17.2 Å². The number of aromatic hydroxyl groups is 1. The number of esters is 1. The van der Waals surface area contributed by atoms with Crippen LogP contribution in [0.1, 0.15) is 38.7 Å². The summed E-state index contributed by atoms with van der Waals surface area (Å²) in [5, 5.41) is 10.4. The number of hydrogen-bond acceptors (Lipinski definition) is 6. The van der Waals surface area contributed by atoms with Crippen molar-refractivity contribution in [2.75, 3.05) is 33.9 Å². The number of hydrogen-bond donors (Lipinski definition) is 1. The molecule has 156 valence electrons. The largest absolute Gasteiger partial charge is 0.504 e. The van der Waals surface area contributed by atoms with E-state index in [1.165, 1.54) is 14.2 Å². The third-order valence-corrected chi connectivity index (χ3v) is 5.40. The minimum absolute atomic E-state index is 0.0299. The Morgan fingerprint density at radius 3 is 2.61 bits per heavy atom. The van der Waals surface area contributed by atoms with Crippen LogP contribution in [0.3, 0.4) is 0 Å². The zero-order valence-corrected chi connectivity index (χ0v) is 17.2. The van der Waals surface area contributed by atoms with E-state index in [-0.39, 0.29) is 29.5 Å². The van der Waals surface area contributed by atoms with Gasteiger partial charge in [-0.1, -0.05) is 13.0 Å². The summed E-state index contributed by atoms with van der Waals surface area (Å²) in [7, 11) is 2.99. The van der Waals surface area contributed by atoms with E-state index in [1.807, 2.05) is 11.8 Å². The average Bonchev–Trinajstić information content (AvgIpc) is 2.68. The first-order valence-electron chi connectivity index (χ1n) is 9.83. The fraction of sp³-hybridized carbons (Fsp3) is 0.619. The number of ether oxygens (including phenoxy) is 3. The Balaban J connectivity index is 2.02. The molecule has 0 radical (unpaired) electrons. The van der Waals surface area contributed by atoms with Gasteiger partial charge >= 0.3 is 5.97 Å². The molecular formula is C21H31NO6. The molecule has 1 saturated heterocycles. The SMILES string of the molecule is CCOC(=O)C[C@H]1CCN(CCc2ccc(OC)c(OC)c2O)C(=O)[C@@H]1CC. The first-order valence-corrected chi connectivity index (χ1v) is 9.83. The fourth-order valence-corrected chi connectivity index (χ4v) is 3.89. The normalized spacial score (nSPS) is 19.4. The van der Waals surface area contributed by atoms with Crippen LogP contribution in [0.25, 0.3) is 0 Å². The molecule has 0 bridgehead atoms. The highest BCUT2D eigenvalue weighted by molar-refractivity contribution is 5.81. The zero-order chi connectivity index (χ0) is 20.7. The average molecular weight is 393 g/mol. The number of carbonyl (C=O) groups excluding carboxylic acids is 2. The number of amides is 1. The molecule has 7 nitrogen and oxygen atoms in total. The summed E-state index contributed by atoms with van der Waals surface area (Å²) in [6.45, 7) is 5.23. The zero-order valence-electron chi connectivity index (χ0n) is 17.2. The summed E-state index contributed by atoms with van der Waals surface area (Å²) in [5.74, 6) is 0.500. The maximum absolute atomic E-state index is 12.9. The number of rotatable bonds is 9. The number of methoxy groups -OCH3 is 2. The molecule has 1 heterocycles. The lowest BCUT2D eigenvalue weighted by atomic mass is 9.81. The molecule has 2 atom stereocenters. The Morgan fingerprint density at radius 2 is 2.00 bits per heavy atom. The molecular weight excluding hydrogens is 362 g/mol. The van der Waals surface area contributed by atoms with Crippen molar-refractivity contribution < 1.29 is 28.9 Å². The highest BCUT2D eigenvalue weighted by Gasteiger charge is 2.36. The van der Waals surface area contributed by atoms with Gasteiger partial charge in [-0.3, -0.25) is 9.59 Å². The summed E-state index contributed by atoms with van der Waals surface area (Å²) < 4.78 is 15.5. The van der Waals surface area contributed by atoms with Crippen molar-refractivity contribution in [3.63, 3.8) is 0 Å². The van der Waals surface area contributed by atoms with Crippen LogP contribution in [0.2, 0.25) is 0 Å². The Labute approximate surface area is 166 Å². The quantitative estimate of drug-likeness (QED) is 0.650. The molecule has 0 spiro atoms. The second-order valence-electron chi connectivity index (χ2n) is 6.96. The minimum atomic E-state index is -0.234. The number of phenols is 1. The van der Waals surface area contributed by atoms with Gasteiger partial charge in [0.2, 0.25) is 11.7 Å². The number of likely N-dealkylation sites (tertiary alicyclic amines) is 1. The first-order chi connectivity index (χ1) is 13.5. The van der Waals surface area contributed by atoms with E-state index >= 15 is 0 Å². The van der Waals surface area contributed by atoms with Crippen LogP contribution < -0.4 is 9.47 Å². The lowest BCUT2D eigenvalue weighted by Crippen LogP contribution is -2.46. The second kappa shape index (κ2) is 10.2. The third-order valence-electron chi connectivity index (χ3n) is 5.40. The molecule has 1 aromatic carbocycles. The van der Waals surface area contributed by atoms with Gasteiger partial charge in [0, 0.05) is 25.4 Å². The van der Waals surface area contributed by atoms with Crippen LogP contribution in [-0.4, -0.2) is 55.8 Å². The maximum Gasteiger partial charge on any atom is 0.306 e. The van der Waals surface area contributed by atoms with Gasteiger partial charge in [-0.15, -0.1) is 0 Å². The molecule has 0 saturated carbocycles. The monoisotopic (exact) mass is 393 g/mol. The van der Waals surface area contributed by atoms with E-state index < -0.39 is 0 Å². The molecule has 7 heteroatoms. The van der Waals surface area contributed by atoms with Gasteiger partial charge in [-0.05, 0) is 43.7 Å². The predicted molar refractivity (Wildman–Crippen MR) is 105 cm³/mol. The van der Waals surface area contributed by atoms with Crippen LogP contribution >= 0.6 is 0 Å². The van der Waals surface area contributed by atoms with Gasteiger partial charge in [0.25, 0.3) is 0 Å². The lowest BCUT2D eigenvalue weighted by Gasteiger charge is -2.37. The smallest absolute Gasteiger partial charge is 0.306 e. The number of benzene rings is 1. The molecule has 0 aliphatic carbocycles. The van der Waals surface area contributed by atoms with Crippen LogP contribution in [-0.2, 0) is 20.7 Å². The van der Waals surface area contributed by atoms with Crippen molar-refractivity contribution in [3.8, 4) is 17.2 Å². The van der Waals surface area contributed by atoms with Crippen LogP contribution in [0.15, 0.2) is 12.1 Å². The lowest BCUT2D eigenvalue weighted by molar-refractivity contribution is -0.148. The van der Waals surface area contributed by atoms with Gasteiger partial charge < -0.3 is 24.2 Å². The summed E-state index contributed by atoms with van der Waals surface area (Å²) in [4.78, 5) is 26.6. The van der Waals surface area contributed by atoms with E-state index in [0.717, 1.165) is 6.42 Å². The number of nitrogens with zero attached hydrogens (tertiary/aromatic N) is 1. The summed E-state index contributed by atoms with van der Waals surface area (Å²) in [5.41, 5.74) is 0.701. The number of carbonyl (C=O) groups is 2. The van der Waals surface area contributed by atoms with Crippen molar-refractivity contribution in [1.29, 1.82) is 0 Å². The summed E-state index contributed by atoms with van der Waals surface area (Å²) in [6.07, 6.45) is 2.28. The van der Waals surface area contributed by atoms with E-state index in [9.17, 15) is 14.7 Å². The number of phenolic OH excluding ortho intramolecular Hbond substituents is 1. The van der Waals surface area contributed by atoms with Crippen molar-refractivity contribution in [1.82, 2.24) is 4.90 Å². The standard InChI is InChI=1S/C21H31NO6/c1-5-16-15(13-18(23)28-6-2)10-12-22(21(16)25)11-9-14-7-8-17(26-3)20(27-4)19(14)24/h7-8,15-16,24H,5-6,9-13H2,1-4H3/t15-,16-/m1/s1. The Bertz CT molecular complexity index is 690. The molecule has 1 fully saturated rings. The predicted octanol–water partition coefficient (Wildman–Crippen LogP) is 2.78. The van der Waals surface area contributed by atoms with Crippen LogP contribution in [0.4, 0.5) is 0 Å².